The molecule has 5 rings (SSSR count). The van der Waals surface area contributed by atoms with E-state index >= 15 is 0 Å². The number of nitrogens with one attached hydrogen (secondary N) is 2. The largest absolute Gasteiger partial charge is 0.478 e. The molecule has 0 aromatic heterocycles. The van der Waals surface area contributed by atoms with E-state index in [2.05, 4.69) is 10.9 Å². The minimum atomic E-state index is -1.05. The van der Waals surface area contributed by atoms with Gasteiger partial charge < -0.3 is 9.47 Å². The van der Waals surface area contributed by atoms with E-state index in [1.165, 1.54) is 6.42 Å². The van der Waals surface area contributed by atoms with Crippen molar-refractivity contribution in [3.8, 4) is 11.5 Å². The zero-order valence-corrected chi connectivity index (χ0v) is 32.4. The highest BCUT2D eigenvalue weighted by molar-refractivity contribution is 6.31. The first-order chi connectivity index (χ1) is 25.0. The van der Waals surface area contributed by atoms with Gasteiger partial charge in [0, 0.05) is 59.5 Å². The number of ether oxygens (including phenoxy) is 2. The molecule has 1 fully saturated rings. The van der Waals surface area contributed by atoms with Crippen LogP contribution in [0.2, 0.25) is 10.0 Å². The molecular formula is C41H46Cl2N4O6. The van der Waals surface area contributed by atoms with Gasteiger partial charge in [0.05, 0.1) is 0 Å². The molecule has 0 radical (unpaired) electrons. The third-order valence-corrected chi connectivity index (χ3v) is 8.73. The molecule has 2 amide bonds. The number of piperidine rings is 1. The number of nitrogens with zero attached hydrogens (tertiary/aromatic N) is 2. The van der Waals surface area contributed by atoms with Crippen LogP contribution in [-0.4, -0.2) is 71.8 Å². The molecule has 0 spiro atoms. The molecule has 1 heterocycles. The Kier molecular flexibility index (Phi) is 14.2. The number of halogens is 2. The van der Waals surface area contributed by atoms with Crippen molar-refractivity contribution in [2.45, 2.75) is 58.2 Å². The third-order valence-electron chi connectivity index (χ3n) is 8.23. The number of hydrogen-bond acceptors (Lipinski definition) is 8. The molecule has 12 heteroatoms. The molecule has 0 saturated carbocycles. The van der Waals surface area contributed by atoms with E-state index in [4.69, 9.17) is 32.7 Å². The quantitative estimate of drug-likeness (QED) is 0.112. The molecule has 2 N–H and O–H groups in total. The van der Waals surface area contributed by atoms with Gasteiger partial charge in [-0.15, -0.1) is 0 Å². The number of ketones is 2. The second-order valence-electron chi connectivity index (χ2n) is 13.8. The highest BCUT2D eigenvalue weighted by Crippen LogP contribution is 2.23. The second kappa shape index (κ2) is 18.3. The Morgan fingerprint density at radius 2 is 0.906 bits per heavy atom. The van der Waals surface area contributed by atoms with E-state index in [1.807, 2.05) is 5.01 Å². The Balaban J connectivity index is 0.000000238. The maximum atomic E-state index is 12.6. The van der Waals surface area contributed by atoms with Crippen LogP contribution in [0.1, 0.15) is 78.8 Å². The van der Waals surface area contributed by atoms with Gasteiger partial charge >= 0.3 is 0 Å². The van der Waals surface area contributed by atoms with Crippen LogP contribution >= 0.6 is 23.2 Å². The first kappa shape index (κ1) is 41.0. The Morgan fingerprint density at radius 1 is 0.566 bits per heavy atom. The molecule has 1 saturated heterocycles. The van der Waals surface area contributed by atoms with Gasteiger partial charge in [-0.25, -0.2) is 10.0 Å². The second-order valence-corrected chi connectivity index (χ2v) is 14.6. The molecule has 4 aromatic carbocycles. The van der Waals surface area contributed by atoms with Crippen molar-refractivity contribution in [3.63, 3.8) is 0 Å². The van der Waals surface area contributed by atoms with Crippen LogP contribution in [0.15, 0.2) is 97.1 Å². The van der Waals surface area contributed by atoms with Crippen molar-refractivity contribution < 1.29 is 28.7 Å². The molecule has 0 aliphatic carbocycles. The van der Waals surface area contributed by atoms with E-state index in [0.29, 0.717) is 43.8 Å². The van der Waals surface area contributed by atoms with Gasteiger partial charge in [-0.05, 0) is 138 Å². The molecule has 280 valence electrons. The summed E-state index contributed by atoms with van der Waals surface area (Å²) < 4.78 is 11.6. The van der Waals surface area contributed by atoms with E-state index < -0.39 is 11.2 Å². The van der Waals surface area contributed by atoms with E-state index in [-0.39, 0.29) is 23.4 Å². The van der Waals surface area contributed by atoms with Crippen LogP contribution in [-0.2, 0) is 9.59 Å². The number of carbonyl (C=O) groups excluding carboxylic acids is 4. The average Bonchev–Trinajstić information content (AvgIpc) is 3.12. The van der Waals surface area contributed by atoms with Crippen LogP contribution in [0.4, 0.5) is 0 Å². The number of amides is 2. The van der Waals surface area contributed by atoms with Gasteiger partial charge in [0.15, 0.2) is 22.8 Å². The van der Waals surface area contributed by atoms with Crippen molar-refractivity contribution in [2.75, 3.05) is 27.2 Å². The lowest BCUT2D eigenvalue weighted by molar-refractivity contribution is -0.140. The van der Waals surface area contributed by atoms with Crippen LogP contribution < -0.4 is 20.3 Å². The lowest BCUT2D eigenvalue weighted by Crippen LogP contribution is -2.54. The third kappa shape index (κ3) is 12.2. The number of hydrogen-bond donors (Lipinski definition) is 2. The first-order valence-corrected chi connectivity index (χ1v) is 18.0. The first-order valence-electron chi connectivity index (χ1n) is 17.3. The number of benzene rings is 4. The highest BCUT2D eigenvalue weighted by Gasteiger charge is 2.32. The molecular weight excluding hydrogens is 715 g/mol. The van der Waals surface area contributed by atoms with E-state index in [1.54, 1.807) is 144 Å². The SMILES string of the molecule is CC(C)(Oc1ccc(C(=O)c2ccc(Cl)cc2)cc1)C(=O)NN1CCCCC1.CN(C)NC(=O)C(C)(C)Oc1ccc(C(=O)c2ccc(Cl)cc2)cc1. The minimum Gasteiger partial charge on any atom is -0.478 e. The fourth-order valence-corrected chi connectivity index (χ4v) is 5.44. The van der Waals surface area contributed by atoms with Gasteiger partial charge in [0.25, 0.3) is 11.8 Å². The Hall–Kier alpha value is -4.74. The summed E-state index contributed by atoms with van der Waals surface area (Å²) in [7, 11) is 3.45. The van der Waals surface area contributed by atoms with E-state index in [0.717, 1.165) is 25.9 Å². The maximum absolute atomic E-state index is 12.6. The molecule has 0 atom stereocenters. The Morgan fingerprint density at radius 3 is 1.26 bits per heavy atom. The molecule has 10 nitrogen and oxygen atoms in total. The smallest absolute Gasteiger partial charge is 0.277 e. The molecule has 1 aliphatic rings. The molecule has 4 aromatic rings. The van der Waals surface area contributed by atoms with Crippen molar-refractivity contribution in [1.29, 1.82) is 0 Å². The fourth-order valence-electron chi connectivity index (χ4n) is 5.19. The summed E-state index contributed by atoms with van der Waals surface area (Å²) in [5.41, 5.74) is 5.73. The standard InChI is InChI=1S/C22H25ClN2O3.C19H21ClN2O3/c1-22(2,21(27)24-25-14-4-3-5-15-25)28-19-12-8-17(9-13-19)20(26)16-6-10-18(23)11-7-16;1-19(2,18(24)21-22(3)4)25-16-11-7-14(8-12-16)17(23)13-5-9-15(20)10-6-13/h6-13H,3-5,14-15H2,1-2H3,(H,24,27);5-12H,1-4H3,(H,21,24). The summed E-state index contributed by atoms with van der Waals surface area (Å²) in [5, 5.41) is 4.68. The number of rotatable bonds is 12. The van der Waals surface area contributed by atoms with Crippen LogP contribution in [0.3, 0.4) is 0 Å². The summed E-state index contributed by atoms with van der Waals surface area (Å²) in [6.45, 7) is 8.56. The summed E-state index contributed by atoms with van der Waals surface area (Å²) in [5.74, 6) is 0.394. The molecule has 0 unspecified atom stereocenters. The fraction of sp³-hybridized carbons (Fsp3) is 0.317. The predicted molar refractivity (Wildman–Crippen MR) is 207 cm³/mol. The van der Waals surface area contributed by atoms with Gasteiger partial charge in [0.2, 0.25) is 0 Å². The number of carbonyl (C=O) groups is 4. The van der Waals surface area contributed by atoms with Crippen molar-refractivity contribution >= 4 is 46.6 Å². The zero-order valence-electron chi connectivity index (χ0n) is 30.9. The highest BCUT2D eigenvalue weighted by atomic mass is 35.5. The monoisotopic (exact) mass is 760 g/mol. The van der Waals surface area contributed by atoms with Gasteiger partial charge in [0.1, 0.15) is 11.5 Å². The zero-order chi connectivity index (χ0) is 38.8. The van der Waals surface area contributed by atoms with Gasteiger partial charge in [-0.1, -0.05) is 29.6 Å². The lowest BCUT2D eigenvalue weighted by atomic mass is 10.0. The average molecular weight is 762 g/mol. The summed E-state index contributed by atoms with van der Waals surface area (Å²) >= 11 is 11.7. The van der Waals surface area contributed by atoms with Crippen LogP contribution in [0.5, 0.6) is 11.5 Å². The number of hydrazine groups is 2. The summed E-state index contributed by atoms with van der Waals surface area (Å²) in [6, 6.07) is 27.0. The predicted octanol–water partition coefficient (Wildman–Crippen LogP) is 7.57. The van der Waals surface area contributed by atoms with Crippen molar-refractivity contribution in [3.05, 3.63) is 129 Å². The van der Waals surface area contributed by atoms with Crippen molar-refractivity contribution in [1.82, 2.24) is 20.9 Å². The maximum Gasteiger partial charge on any atom is 0.277 e. The van der Waals surface area contributed by atoms with Crippen LogP contribution in [0, 0.1) is 0 Å². The Labute approximate surface area is 321 Å². The normalized spacial score (nSPS) is 13.3. The van der Waals surface area contributed by atoms with Gasteiger partial charge in [-0.2, -0.15) is 0 Å². The van der Waals surface area contributed by atoms with Crippen LogP contribution in [0.25, 0.3) is 0 Å². The van der Waals surface area contributed by atoms with E-state index in [9.17, 15) is 19.2 Å². The van der Waals surface area contributed by atoms with Crippen molar-refractivity contribution in [2.24, 2.45) is 0 Å². The summed E-state index contributed by atoms with van der Waals surface area (Å²) in [6.07, 6.45) is 3.38. The molecule has 0 bridgehead atoms. The van der Waals surface area contributed by atoms with Gasteiger partial charge in [-0.3, -0.25) is 30.0 Å². The Bertz CT molecular complexity index is 1850. The minimum absolute atomic E-state index is 0.0923. The topological polar surface area (TPSA) is 117 Å². The summed E-state index contributed by atoms with van der Waals surface area (Å²) in [4.78, 5) is 49.7. The molecule has 53 heavy (non-hydrogen) atoms. The molecule has 1 aliphatic heterocycles. The lowest BCUT2D eigenvalue weighted by Gasteiger charge is -2.32.